The number of rotatable bonds is 6. The Morgan fingerprint density at radius 1 is 0.889 bits per heavy atom. The van der Waals surface area contributed by atoms with Gasteiger partial charge in [-0.15, -0.1) is 10.2 Å². The Hall–Kier alpha value is -2.33. The van der Waals surface area contributed by atoms with Crippen molar-refractivity contribution in [3.05, 3.63) is 72.3 Å². The summed E-state index contributed by atoms with van der Waals surface area (Å²) >= 11 is 1.78. The first kappa shape index (κ1) is 18.1. The molecule has 0 radical (unpaired) electrons. The zero-order chi connectivity index (χ0) is 18.3. The Bertz CT molecular complexity index is 865. The Labute approximate surface area is 165 Å². The van der Waals surface area contributed by atoms with E-state index in [0.717, 1.165) is 22.3 Å². The van der Waals surface area contributed by atoms with Crippen molar-refractivity contribution in [1.29, 1.82) is 0 Å². The van der Waals surface area contributed by atoms with Crippen molar-refractivity contribution in [2.24, 2.45) is 0 Å². The Morgan fingerprint density at radius 2 is 1.59 bits per heavy atom. The van der Waals surface area contributed by atoms with Crippen molar-refractivity contribution in [1.82, 2.24) is 14.8 Å². The molecule has 3 nitrogen and oxygen atoms in total. The van der Waals surface area contributed by atoms with E-state index < -0.39 is 0 Å². The van der Waals surface area contributed by atoms with Gasteiger partial charge in [0.2, 0.25) is 0 Å². The average molecular weight is 376 g/mol. The molecule has 0 aliphatic heterocycles. The van der Waals surface area contributed by atoms with Crippen LogP contribution in [0.15, 0.2) is 71.9 Å². The molecular formula is C23H25N3S. The number of hydrogen-bond donors (Lipinski definition) is 0. The molecule has 0 unspecified atom stereocenters. The molecule has 2 aromatic carbocycles. The van der Waals surface area contributed by atoms with Gasteiger partial charge in [0.15, 0.2) is 11.0 Å². The summed E-state index contributed by atoms with van der Waals surface area (Å²) in [5.41, 5.74) is 2.39. The molecule has 0 saturated heterocycles. The summed E-state index contributed by atoms with van der Waals surface area (Å²) in [6.07, 6.45) is 10.8. The molecule has 1 saturated carbocycles. The third-order valence-corrected chi connectivity index (χ3v) is 5.95. The molecular weight excluding hydrogens is 350 g/mol. The molecule has 0 N–H and O–H groups in total. The van der Waals surface area contributed by atoms with Crippen LogP contribution < -0.4 is 0 Å². The second kappa shape index (κ2) is 9.05. The standard InChI is InChI=1S/C23H25N3S/c1-4-11-19(12-5-1)13-10-18-27-23-25-24-22(20-14-6-2-7-15-20)26(23)21-16-8-3-9-17-21/h1-2,4-7,10-15,21H,3,8-9,16-18H2. The van der Waals surface area contributed by atoms with Gasteiger partial charge in [-0.3, -0.25) is 4.57 Å². The molecule has 0 bridgehead atoms. The van der Waals surface area contributed by atoms with Crippen LogP contribution in [0.1, 0.15) is 43.7 Å². The summed E-state index contributed by atoms with van der Waals surface area (Å²) < 4.78 is 2.40. The van der Waals surface area contributed by atoms with Crippen molar-refractivity contribution in [3.8, 4) is 11.4 Å². The number of hydrogen-bond acceptors (Lipinski definition) is 3. The van der Waals surface area contributed by atoms with E-state index in [1.54, 1.807) is 11.8 Å². The van der Waals surface area contributed by atoms with Crippen LogP contribution in [-0.4, -0.2) is 20.5 Å². The molecule has 0 spiro atoms. The molecule has 138 valence electrons. The summed E-state index contributed by atoms with van der Waals surface area (Å²) in [6.45, 7) is 0. The Balaban J connectivity index is 1.54. The number of benzene rings is 2. The highest BCUT2D eigenvalue weighted by molar-refractivity contribution is 7.99. The van der Waals surface area contributed by atoms with Gasteiger partial charge in [0.05, 0.1) is 0 Å². The van der Waals surface area contributed by atoms with E-state index >= 15 is 0 Å². The first-order chi connectivity index (χ1) is 13.4. The van der Waals surface area contributed by atoms with Gasteiger partial charge in [-0.1, -0.05) is 104 Å². The van der Waals surface area contributed by atoms with Gasteiger partial charge in [-0.2, -0.15) is 0 Å². The minimum Gasteiger partial charge on any atom is -0.299 e. The van der Waals surface area contributed by atoms with E-state index in [1.807, 2.05) is 6.07 Å². The fourth-order valence-electron chi connectivity index (χ4n) is 3.70. The van der Waals surface area contributed by atoms with Crippen LogP contribution in [0.2, 0.25) is 0 Å². The van der Waals surface area contributed by atoms with Crippen LogP contribution in [0.5, 0.6) is 0 Å². The van der Waals surface area contributed by atoms with Gasteiger partial charge >= 0.3 is 0 Å². The second-order valence-electron chi connectivity index (χ2n) is 6.96. The van der Waals surface area contributed by atoms with Crippen LogP contribution in [0, 0.1) is 0 Å². The highest BCUT2D eigenvalue weighted by atomic mass is 32.2. The quantitative estimate of drug-likeness (QED) is 0.477. The molecule has 0 amide bonds. The van der Waals surface area contributed by atoms with Crippen LogP contribution >= 0.6 is 11.8 Å². The molecule has 4 rings (SSSR count). The van der Waals surface area contributed by atoms with Crippen molar-refractivity contribution < 1.29 is 0 Å². The van der Waals surface area contributed by atoms with Crippen LogP contribution in [0.4, 0.5) is 0 Å². The van der Waals surface area contributed by atoms with Gasteiger partial charge in [-0.05, 0) is 18.4 Å². The summed E-state index contributed by atoms with van der Waals surface area (Å²) in [4.78, 5) is 0. The maximum Gasteiger partial charge on any atom is 0.192 e. The molecule has 1 heterocycles. The number of nitrogens with zero attached hydrogens (tertiary/aromatic N) is 3. The highest BCUT2D eigenvalue weighted by Crippen LogP contribution is 2.35. The first-order valence-corrected chi connectivity index (χ1v) is 10.7. The van der Waals surface area contributed by atoms with E-state index in [-0.39, 0.29) is 0 Å². The minimum absolute atomic E-state index is 0.518. The molecule has 1 fully saturated rings. The molecule has 3 aromatic rings. The third-order valence-electron chi connectivity index (χ3n) is 5.05. The van der Waals surface area contributed by atoms with Crippen molar-refractivity contribution in [2.45, 2.75) is 43.3 Å². The largest absolute Gasteiger partial charge is 0.299 e. The summed E-state index contributed by atoms with van der Waals surface area (Å²) in [7, 11) is 0. The third kappa shape index (κ3) is 4.51. The highest BCUT2D eigenvalue weighted by Gasteiger charge is 2.23. The normalized spacial score (nSPS) is 15.4. The van der Waals surface area contributed by atoms with Crippen LogP contribution in [0.3, 0.4) is 0 Å². The van der Waals surface area contributed by atoms with E-state index in [2.05, 4.69) is 81.5 Å². The number of aromatic nitrogens is 3. The van der Waals surface area contributed by atoms with Crippen molar-refractivity contribution >= 4 is 17.8 Å². The van der Waals surface area contributed by atoms with Gasteiger partial charge in [0.25, 0.3) is 0 Å². The van der Waals surface area contributed by atoms with Crippen molar-refractivity contribution in [2.75, 3.05) is 5.75 Å². The van der Waals surface area contributed by atoms with Gasteiger partial charge < -0.3 is 0 Å². The monoisotopic (exact) mass is 375 g/mol. The lowest BCUT2D eigenvalue weighted by molar-refractivity contribution is 0.339. The molecule has 1 aliphatic rings. The number of thioether (sulfide) groups is 1. The van der Waals surface area contributed by atoms with E-state index in [4.69, 9.17) is 0 Å². The lowest BCUT2D eigenvalue weighted by Gasteiger charge is -2.25. The zero-order valence-corrected chi connectivity index (χ0v) is 16.3. The van der Waals surface area contributed by atoms with Crippen molar-refractivity contribution in [3.63, 3.8) is 0 Å². The fraction of sp³-hybridized carbons (Fsp3) is 0.304. The maximum atomic E-state index is 4.57. The predicted molar refractivity (Wildman–Crippen MR) is 114 cm³/mol. The van der Waals surface area contributed by atoms with E-state index in [9.17, 15) is 0 Å². The van der Waals surface area contributed by atoms with Gasteiger partial charge in [-0.25, -0.2) is 0 Å². The predicted octanol–water partition coefficient (Wildman–Crippen LogP) is 6.26. The Morgan fingerprint density at radius 3 is 2.33 bits per heavy atom. The van der Waals surface area contributed by atoms with Gasteiger partial charge in [0.1, 0.15) is 0 Å². The maximum absolute atomic E-state index is 4.57. The molecule has 0 atom stereocenters. The summed E-state index contributed by atoms with van der Waals surface area (Å²) in [6, 6.07) is 21.4. The molecule has 27 heavy (non-hydrogen) atoms. The topological polar surface area (TPSA) is 30.7 Å². The van der Waals surface area contributed by atoms with Crippen LogP contribution in [-0.2, 0) is 0 Å². The first-order valence-electron chi connectivity index (χ1n) is 9.76. The smallest absolute Gasteiger partial charge is 0.192 e. The van der Waals surface area contributed by atoms with Gasteiger partial charge in [0, 0.05) is 17.4 Å². The minimum atomic E-state index is 0.518. The Kier molecular flexibility index (Phi) is 6.05. The van der Waals surface area contributed by atoms with E-state index in [1.165, 1.54) is 37.7 Å². The molecule has 1 aromatic heterocycles. The zero-order valence-electron chi connectivity index (χ0n) is 15.5. The summed E-state index contributed by atoms with van der Waals surface area (Å²) in [5.74, 6) is 1.91. The average Bonchev–Trinajstić information content (AvgIpc) is 3.17. The lowest BCUT2D eigenvalue weighted by atomic mass is 9.95. The van der Waals surface area contributed by atoms with E-state index in [0.29, 0.717) is 6.04 Å². The lowest BCUT2D eigenvalue weighted by Crippen LogP contribution is -2.15. The molecule has 4 heteroatoms. The van der Waals surface area contributed by atoms with Crippen LogP contribution in [0.25, 0.3) is 17.5 Å². The summed E-state index contributed by atoms with van der Waals surface area (Å²) in [5, 5.41) is 10.2. The molecule has 1 aliphatic carbocycles. The fourth-order valence-corrected chi connectivity index (χ4v) is 4.51. The second-order valence-corrected chi connectivity index (χ2v) is 7.95. The SMILES string of the molecule is C(=Cc1ccccc1)CSc1nnc(-c2ccccc2)n1C1CCCCC1.